The first-order valence-corrected chi connectivity index (χ1v) is 20.1. The minimum atomic E-state index is 0.892. The Hall–Kier alpha value is -7.42. The van der Waals surface area contributed by atoms with Crippen LogP contribution < -0.4 is 4.90 Å². The topological polar surface area (TPSA) is 16.4 Å². The Kier molecular flexibility index (Phi) is 8.33. The zero-order chi connectivity index (χ0) is 38.4. The predicted molar refractivity (Wildman–Crippen MR) is 245 cm³/mol. The zero-order valence-electron chi connectivity index (χ0n) is 32.0. The second kappa shape index (κ2) is 14.3. The molecule has 0 spiro atoms. The van der Waals surface area contributed by atoms with Gasteiger partial charge in [0.2, 0.25) is 0 Å². The van der Waals surface area contributed by atoms with Gasteiger partial charge in [-0.1, -0.05) is 152 Å². The van der Waals surface area contributed by atoms with Crippen molar-refractivity contribution in [2.24, 2.45) is 0 Å². The van der Waals surface area contributed by atoms with E-state index in [1.54, 1.807) is 0 Å². The molecule has 11 rings (SSSR count). The summed E-state index contributed by atoms with van der Waals surface area (Å²) in [5.41, 5.74) is 17.4. The minimum absolute atomic E-state index is 0.892. The van der Waals surface area contributed by atoms with E-state index in [1.807, 2.05) is 0 Å². The highest BCUT2D eigenvalue weighted by molar-refractivity contribution is 6.11. The highest BCUT2D eigenvalue weighted by atomic mass is 16.3. The number of fused-ring (bicyclic) bond motifs is 5. The number of para-hydroxylation sites is 1. The first-order valence-electron chi connectivity index (χ1n) is 20.1. The maximum absolute atomic E-state index is 6.42. The van der Waals surface area contributed by atoms with Crippen LogP contribution >= 0.6 is 0 Å². The molecule has 0 atom stereocenters. The van der Waals surface area contributed by atoms with Crippen LogP contribution in [0.4, 0.5) is 17.1 Å². The molecule has 0 aliphatic heterocycles. The Bertz CT molecular complexity index is 3150. The van der Waals surface area contributed by atoms with E-state index in [-0.39, 0.29) is 0 Å². The Morgan fingerprint density at radius 2 is 1.00 bits per heavy atom. The molecular formula is C56H39NO. The lowest BCUT2D eigenvalue weighted by Gasteiger charge is -2.28. The van der Waals surface area contributed by atoms with E-state index in [0.29, 0.717) is 0 Å². The average Bonchev–Trinajstić information content (AvgIpc) is 3.65. The van der Waals surface area contributed by atoms with Crippen LogP contribution in [0.1, 0.15) is 17.5 Å². The molecule has 1 aromatic heterocycles. The molecule has 58 heavy (non-hydrogen) atoms. The number of allylic oxidation sites excluding steroid dienone is 1. The Labute approximate surface area is 338 Å². The first kappa shape index (κ1) is 33.9. The maximum Gasteiger partial charge on any atom is 0.136 e. The van der Waals surface area contributed by atoms with Crippen LogP contribution in [0.25, 0.3) is 83.3 Å². The lowest BCUT2D eigenvalue weighted by molar-refractivity contribution is 0.669. The van der Waals surface area contributed by atoms with Crippen molar-refractivity contribution in [3.05, 3.63) is 217 Å². The van der Waals surface area contributed by atoms with Gasteiger partial charge in [-0.25, -0.2) is 0 Å². The van der Waals surface area contributed by atoms with Crippen molar-refractivity contribution >= 4 is 55.8 Å². The minimum Gasteiger partial charge on any atom is -0.456 e. The van der Waals surface area contributed by atoms with Crippen LogP contribution in [0.2, 0.25) is 0 Å². The summed E-state index contributed by atoms with van der Waals surface area (Å²) in [6, 6.07) is 72.5. The molecule has 0 bridgehead atoms. The van der Waals surface area contributed by atoms with Gasteiger partial charge in [0.15, 0.2) is 0 Å². The number of hydrogen-bond donors (Lipinski definition) is 0. The van der Waals surface area contributed by atoms with Gasteiger partial charge >= 0.3 is 0 Å². The molecule has 0 fully saturated rings. The van der Waals surface area contributed by atoms with Crippen molar-refractivity contribution in [1.82, 2.24) is 0 Å². The van der Waals surface area contributed by atoms with Gasteiger partial charge in [0.1, 0.15) is 11.2 Å². The maximum atomic E-state index is 6.42. The third kappa shape index (κ3) is 6.07. The average molecular weight is 742 g/mol. The van der Waals surface area contributed by atoms with Crippen LogP contribution in [0.15, 0.2) is 211 Å². The molecule has 0 saturated carbocycles. The molecule has 0 unspecified atom stereocenters. The molecule has 1 aliphatic rings. The van der Waals surface area contributed by atoms with E-state index in [1.165, 1.54) is 55.3 Å². The van der Waals surface area contributed by atoms with Gasteiger partial charge in [-0.2, -0.15) is 0 Å². The van der Waals surface area contributed by atoms with Crippen molar-refractivity contribution in [2.75, 3.05) is 4.90 Å². The van der Waals surface area contributed by atoms with Crippen LogP contribution in [-0.4, -0.2) is 0 Å². The normalized spacial score (nSPS) is 12.3. The van der Waals surface area contributed by atoms with Gasteiger partial charge < -0.3 is 9.32 Å². The van der Waals surface area contributed by atoms with Crippen molar-refractivity contribution < 1.29 is 4.42 Å². The van der Waals surface area contributed by atoms with E-state index in [2.05, 4.69) is 217 Å². The molecule has 0 amide bonds. The summed E-state index contributed by atoms with van der Waals surface area (Å²) in [6.45, 7) is 0. The van der Waals surface area contributed by atoms with Crippen LogP contribution in [0.3, 0.4) is 0 Å². The molecule has 0 saturated heterocycles. The molecule has 0 radical (unpaired) electrons. The molecule has 2 nitrogen and oxygen atoms in total. The largest absolute Gasteiger partial charge is 0.456 e. The number of rotatable bonds is 7. The molecule has 9 aromatic carbocycles. The summed E-state index contributed by atoms with van der Waals surface area (Å²) in [5.74, 6) is 0. The number of furan rings is 1. The molecule has 1 aliphatic carbocycles. The van der Waals surface area contributed by atoms with E-state index in [0.717, 1.165) is 63.0 Å². The van der Waals surface area contributed by atoms with Gasteiger partial charge in [0.25, 0.3) is 0 Å². The summed E-state index contributed by atoms with van der Waals surface area (Å²) in [6.07, 6.45) is 6.78. The lowest BCUT2D eigenvalue weighted by Crippen LogP contribution is -2.11. The number of nitrogens with zero attached hydrogens (tertiary/aromatic N) is 1. The molecule has 2 heteroatoms. The predicted octanol–water partition coefficient (Wildman–Crippen LogP) is 15.8. The van der Waals surface area contributed by atoms with Gasteiger partial charge in [-0.3, -0.25) is 0 Å². The Morgan fingerprint density at radius 1 is 0.397 bits per heavy atom. The monoisotopic (exact) mass is 741 g/mol. The summed E-state index contributed by atoms with van der Waals surface area (Å²) in [7, 11) is 0. The summed E-state index contributed by atoms with van der Waals surface area (Å²) in [5, 5.41) is 4.64. The van der Waals surface area contributed by atoms with E-state index < -0.39 is 0 Å². The fraction of sp³-hybridized carbons (Fsp3) is 0.0357. The summed E-state index contributed by atoms with van der Waals surface area (Å²) < 4.78 is 6.42. The van der Waals surface area contributed by atoms with Crippen molar-refractivity contribution in [3.63, 3.8) is 0 Å². The Balaban J connectivity index is 1.03. The quantitative estimate of drug-likeness (QED) is 0.162. The fourth-order valence-electron chi connectivity index (χ4n) is 8.79. The smallest absolute Gasteiger partial charge is 0.136 e. The van der Waals surface area contributed by atoms with Gasteiger partial charge in [-0.05, 0) is 134 Å². The molecule has 0 N–H and O–H groups in total. The highest BCUT2D eigenvalue weighted by Crippen LogP contribution is 2.44. The number of aryl methyl sites for hydroxylation is 1. The van der Waals surface area contributed by atoms with E-state index >= 15 is 0 Å². The van der Waals surface area contributed by atoms with Crippen molar-refractivity contribution in [1.29, 1.82) is 0 Å². The first-order chi connectivity index (χ1) is 28.7. The van der Waals surface area contributed by atoms with Crippen molar-refractivity contribution in [2.45, 2.75) is 12.8 Å². The van der Waals surface area contributed by atoms with Gasteiger partial charge in [0.05, 0.1) is 5.69 Å². The zero-order valence-corrected chi connectivity index (χ0v) is 32.0. The van der Waals surface area contributed by atoms with E-state index in [4.69, 9.17) is 4.42 Å². The van der Waals surface area contributed by atoms with Gasteiger partial charge in [0, 0.05) is 27.7 Å². The second-order valence-corrected chi connectivity index (χ2v) is 15.2. The molecule has 1 heterocycles. The Morgan fingerprint density at radius 3 is 1.79 bits per heavy atom. The SMILES string of the molecule is C1=Cc2c(cccc2-c2ccc(N(c3ccc(-c4cccc(-c5ccccc5)c4)cc3)c3ccccc3-c3ccc4oc5cc6ccccc6cc5c4c3)cc2)CC1. The number of benzene rings is 9. The van der Waals surface area contributed by atoms with Gasteiger partial charge in [-0.15, -0.1) is 0 Å². The lowest BCUT2D eigenvalue weighted by atomic mass is 9.90. The van der Waals surface area contributed by atoms with E-state index in [9.17, 15) is 0 Å². The third-order valence-electron chi connectivity index (χ3n) is 11.7. The fourth-order valence-corrected chi connectivity index (χ4v) is 8.79. The highest BCUT2D eigenvalue weighted by Gasteiger charge is 2.20. The third-order valence-corrected chi connectivity index (χ3v) is 11.7. The molecule has 10 aromatic rings. The molecule has 274 valence electrons. The van der Waals surface area contributed by atoms with Crippen LogP contribution in [0, 0.1) is 0 Å². The van der Waals surface area contributed by atoms with Crippen LogP contribution in [-0.2, 0) is 6.42 Å². The summed E-state index contributed by atoms with van der Waals surface area (Å²) in [4.78, 5) is 2.40. The van der Waals surface area contributed by atoms with Crippen molar-refractivity contribution in [3.8, 4) is 44.5 Å². The summed E-state index contributed by atoms with van der Waals surface area (Å²) >= 11 is 0. The standard InChI is InChI=1S/C56H39NO/c1-2-12-38(13-3-1)42-18-10-19-43(34-42)39-24-29-47(30-25-39)57(48-31-26-41(27-32-48)50-22-11-17-40-14-6-7-20-49(40)50)54-23-9-8-21-51(54)46-28-33-55-52(36-46)53-35-44-15-4-5-16-45(44)37-56(53)58-55/h1-5,7-13,15-37H,6,14H2. The molecular weight excluding hydrogens is 703 g/mol. The number of anilines is 3. The second-order valence-electron chi connectivity index (χ2n) is 15.2. The van der Waals surface area contributed by atoms with Crippen LogP contribution in [0.5, 0.6) is 0 Å². The number of hydrogen-bond acceptors (Lipinski definition) is 2.